The van der Waals surface area contributed by atoms with Gasteiger partial charge in [0, 0.05) is 0 Å². The second kappa shape index (κ2) is 4.08. The number of hydrogen-bond donors (Lipinski definition) is 0. The molecule has 0 amide bonds. The molecule has 0 heterocycles. The molecule has 0 nitrogen and oxygen atoms in total. The van der Waals surface area contributed by atoms with E-state index in [0.717, 1.165) is 31.6 Å². The Labute approximate surface area is 69.2 Å². The first-order chi connectivity index (χ1) is 5.27. The van der Waals surface area contributed by atoms with E-state index in [1.54, 1.807) is 0 Å². The van der Waals surface area contributed by atoms with Crippen LogP contribution in [-0.4, -0.2) is 6.17 Å². The maximum atomic E-state index is 13.2. The van der Waals surface area contributed by atoms with Crippen LogP contribution in [0.25, 0.3) is 0 Å². The van der Waals surface area contributed by atoms with E-state index in [0.29, 0.717) is 5.92 Å². The third kappa shape index (κ3) is 2.18. The minimum atomic E-state index is -0.497. The van der Waals surface area contributed by atoms with Gasteiger partial charge in [0.15, 0.2) is 0 Å². The molecular formula is C10H19F. The molecule has 3 unspecified atom stereocenters. The van der Waals surface area contributed by atoms with Crippen molar-refractivity contribution in [3.8, 4) is 0 Å². The van der Waals surface area contributed by atoms with Crippen LogP contribution in [0.1, 0.15) is 46.0 Å². The highest BCUT2D eigenvalue weighted by molar-refractivity contribution is 4.78. The number of hydrogen-bond acceptors (Lipinski definition) is 0. The third-order valence-corrected chi connectivity index (χ3v) is 3.10. The summed E-state index contributed by atoms with van der Waals surface area (Å²) in [6, 6.07) is 0. The largest absolute Gasteiger partial charge is 0.247 e. The molecule has 0 aromatic carbocycles. The second-order valence-electron chi connectivity index (χ2n) is 3.77. The molecule has 0 bridgehead atoms. The number of alkyl halides is 1. The number of rotatable bonds is 2. The Kier molecular flexibility index (Phi) is 3.35. The zero-order valence-electron chi connectivity index (χ0n) is 7.65. The lowest BCUT2D eigenvalue weighted by atomic mass is 9.78. The van der Waals surface area contributed by atoms with Crippen LogP contribution in [0, 0.1) is 11.8 Å². The molecule has 3 atom stereocenters. The highest BCUT2D eigenvalue weighted by Crippen LogP contribution is 2.34. The minimum absolute atomic E-state index is 0.369. The van der Waals surface area contributed by atoms with Crippen LogP contribution in [0.3, 0.4) is 0 Å². The van der Waals surface area contributed by atoms with Crippen molar-refractivity contribution >= 4 is 0 Å². The molecule has 0 aromatic rings. The van der Waals surface area contributed by atoms with Crippen molar-refractivity contribution in [1.82, 2.24) is 0 Å². The fourth-order valence-corrected chi connectivity index (χ4v) is 2.12. The first-order valence-electron chi connectivity index (χ1n) is 4.92. The van der Waals surface area contributed by atoms with Crippen LogP contribution < -0.4 is 0 Å². The molecule has 1 aliphatic rings. The molecule has 0 N–H and O–H groups in total. The minimum Gasteiger partial charge on any atom is -0.247 e. The molecule has 1 fully saturated rings. The van der Waals surface area contributed by atoms with Gasteiger partial charge in [-0.15, -0.1) is 0 Å². The number of halogens is 1. The molecule has 0 aromatic heterocycles. The molecule has 1 aliphatic carbocycles. The molecule has 0 aliphatic heterocycles. The Bertz CT molecular complexity index is 111. The SMILES string of the molecule is CCC1CCC(F)C(CC)C1. The first kappa shape index (κ1) is 9.02. The topological polar surface area (TPSA) is 0 Å². The van der Waals surface area contributed by atoms with Gasteiger partial charge < -0.3 is 0 Å². The lowest BCUT2D eigenvalue weighted by Crippen LogP contribution is -2.25. The fourth-order valence-electron chi connectivity index (χ4n) is 2.12. The first-order valence-corrected chi connectivity index (χ1v) is 4.92. The van der Waals surface area contributed by atoms with Gasteiger partial charge in [-0.05, 0) is 31.1 Å². The van der Waals surface area contributed by atoms with Crippen LogP contribution in [0.5, 0.6) is 0 Å². The van der Waals surface area contributed by atoms with E-state index < -0.39 is 6.17 Å². The molecule has 11 heavy (non-hydrogen) atoms. The highest BCUT2D eigenvalue weighted by Gasteiger charge is 2.27. The van der Waals surface area contributed by atoms with Gasteiger partial charge in [-0.2, -0.15) is 0 Å². The monoisotopic (exact) mass is 158 g/mol. The lowest BCUT2D eigenvalue weighted by molar-refractivity contribution is 0.123. The zero-order chi connectivity index (χ0) is 8.27. The van der Waals surface area contributed by atoms with Crippen molar-refractivity contribution in [1.29, 1.82) is 0 Å². The maximum absolute atomic E-state index is 13.2. The standard InChI is InChI=1S/C10H19F/c1-3-8-5-6-10(11)9(4-2)7-8/h8-10H,3-7H2,1-2H3. The summed E-state index contributed by atoms with van der Waals surface area (Å²) in [4.78, 5) is 0. The Morgan fingerprint density at radius 3 is 2.45 bits per heavy atom. The average molecular weight is 158 g/mol. The lowest BCUT2D eigenvalue weighted by Gasteiger charge is -2.30. The summed E-state index contributed by atoms with van der Waals surface area (Å²) in [6.07, 6.45) is 4.84. The summed E-state index contributed by atoms with van der Waals surface area (Å²) >= 11 is 0. The summed E-state index contributed by atoms with van der Waals surface area (Å²) in [6.45, 7) is 4.32. The quantitative estimate of drug-likeness (QED) is 0.576. The van der Waals surface area contributed by atoms with E-state index >= 15 is 0 Å². The van der Waals surface area contributed by atoms with Gasteiger partial charge in [0.1, 0.15) is 6.17 Å². The van der Waals surface area contributed by atoms with Crippen LogP contribution in [-0.2, 0) is 0 Å². The molecule has 1 saturated carbocycles. The van der Waals surface area contributed by atoms with Gasteiger partial charge in [0.2, 0.25) is 0 Å². The van der Waals surface area contributed by atoms with Crippen molar-refractivity contribution in [3.63, 3.8) is 0 Å². The van der Waals surface area contributed by atoms with Crippen molar-refractivity contribution in [2.24, 2.45) is 11.8 Å². The summed E-state index contributed by atoms with van der Waals surface area (Å²) in [5, 5.41) is 0. The van der Waals surface area contributed by atoms with Gasteiger partial charge in [-0.25, -0.2) is 4.39 Å². The average Bonchev–Trinajstić information content (AvgIpc) is 2.05. The van der Waals surface area contributed by atoms with Crippen molar-refractivity contribution in [2.45, 2.75) is 52.1 Å². The van der Waals surface area contributed by atoms with Gasteiger partial charge in [-0.3, -0.25) is 0 Å². The van der Waals surface area contributed by atoms with Crippen LogP contribution in [0.15, 0.2) is 0 Å². The van der Waals surface area contributed by atoms with Gasteiger partial charge in [0.05, 0.1) is 0 Å². The summed E-state index contributed by atoms with van der Waals surface area (Å²) in [5.41, 5.74) is 0. The molecule has 66 valence electrons. The zero-order valence-corrected chi connectivity index (χ0v) is 7.65. The molecule has 0 radical (unpaired) electrons. The molecule has 0 saturated heterocycles. The van der Waals surface area contributed by atoms with Crippen molar-refractivity contribution < 1.29 is 4.39 Å². The van der Waals surface area contributed by atoms with Gasteiger partial charge in [-0.1, -0.05) is 26.7 Å². The van der Waals surface area contributed by atoms with E-state index in [9.17, 15) is 4.39 Å². The Morgan fingerprint density at radius 2 is 1.91 bits per heavy atom. The van der Waals surface area contributed by atoms with E-state index in [-0.39, 0.29) is 0 Å². The maximum Gasteiger partial charge on any atom is 0.103 e. The second-order valence-corrected chi connectivity index (χ2v) is 3.77. The van der Waals surface area contributed by atoms with Gasteiger partial charge in [0.25, 0.3) is 0 Å². The summed E-state index contributed by atoms with van der Waals surface area (Å²) in [7, 11) is 0. The van der Waals surface area contributed by atoms with E-state index in [2.05, 4.69) is 13.8 Å². The van der Waals surface area contributed by atoms with Gasteiger partial charge >= 0.3 is 0 Å². The van der Waals surface area contributed by atoms with E-state index in [1.807, 2.05) is 0 Å². The van der Waals surface area contributed by atoms with Crippen LogP contribution >= 0.6 is 0 Å². The third-order valence-electron chi connectivity index (χ3n) is 3.10. The van der Waals surface area contributed by atoms with Crippen molar-refractivity contribution in [2.75, 3.05) is 0 Å². The summed E-state index contributed by atoms with van der Waals surface area (Å²) < 4.78 is 13.2. The van der Waals surface area contributed by atoms with Crippen molar-refractivity contribution in [3.05, 3.63) is 0 Å². The van der Waals surface area contributed by atoms with E-state index in [4.69, 9.17) is 0 Å². The predicted octanol–water partition coefficient (Wildman–Crippen LogP) is 3.56. The molecule has 0 spiro atoms. The Morgan fingerprint density at radius 1 is 1.18 bits per heavy atom. The molecular weight excluding hydrogens is 139 g/mol. The summed E-state index contributed by atoms with van der Waals surface area (Å²) in [5.74, 6) is 1.18. The molecule has 1 heteroatoms. The normalized spacial score (nSPS) is 39.0. The smallest absolute Gasteiger partial charge is 0.103 e. The predicted molar refractivity (Wildman–Crippen MR) is 46.3 cm³/mol. The highest BCUT2D eigenvalue weighted by atomic mass is 19.1. The van der Waals surface area contributed by atoms with Crippen LogP contribution in [0.4, 0.5) is 4.39 Å². The molecule has 1 rings (SSSR count). The van der Waals surface area contributed by atoms with Crippen LogP contribution in [0.2, 0.25) is 0 Å². The Hall–Kier alpha value is -0.0700. The Balaban J connectivity index is 2.37. The fraction of sp³-hybridized carbons (Fsp3) is 1.00. The van der Waals surface area contributed by atoms with E-state index in [1.165, 1.54) is 6.42 Å².